The number of hydrogen-bond acceptors (Lipinski definition) is 2. The van der Waals surface area contributed by atoms with Gasteiger partial charge in [-0.2, -0.15) is 0 Å². The van der Waals surface area contributed by atoms with E-state index in [1.807, 2.05) is 5.32 Å². The van der Waals surface area contributed by atoms with E-state index >= 15 is 0 Å². The molecule has 0 spiro atoms. The smallest absolute Gasteiger partial charge is 0.321 e. The molecule has 0 radical (unpaired) electrons. The summed E-state index contributed by atoms with van der Waals surface area (Å²) in [6.45, 7) is 0.143. The Morgan fingerprint density at radius 2 is 1.78 bits per heavy atom. The number of alkyl halides is 1. The molecule has 4 nitrogen and oxygen atoms in total. The monoisotopic (exact) mass is 276 g/mol. The molecule has 98 valence electrons. The molecule has 0 bridgehead atoms. The highest BCUT2D eigenvalue weighted by Crippen LogP contribution is 2.07. The molecule has 0 aliphatic heterocycles. The maximum absolute atomic E-state index is 12.8. The third kappa shape index (κ3) is 5.09. The molecule has 1 aromatic carbocycles. The molecule has 0 unspecified atom stereocenters. The van der Waals surface area contributed by atoms with E-state index in [1.165, 1.54) is 12.1 Å². The number of hydrogen-bond donors (Lipinski definition) is 2. The topological polar surface area (TPSA) is 58.2 Å². The minimum atomic E-state index is -0.697. The van der Waals surface area contributed by atoms with Gasteiger partial charge in [0.05, 0.1) is 0 Å². The standard InChI is InChI=1S/C11H11ClF2N2O2/c12-6-10(17)16-11(18)15-2-1-7-3-8(13)5-9(14)4-7/h3-5H,1-2,6H2,(H2,15,16,17,18). The molecule has 0 aliphatic carbocycles. The van der Waals surface area contributed by atoms with E-state index in [4.69, 9.17) is 11.6 Å². The SMILES string of the molecule is O=C(CCl)NC(=O)NCCc1cc(F)cc(F)c1. The minimum absolute atomic E-state index is 0.143. The van der Waals surface area contributed by atoms with Crippen LogP contribution in [0.3, 0.4) is 0 Å². The van der Waals surface area contributed by atoms with Gasteiger partial charge in [-0.3, -0.25) is 10.1 Å². The zero-order valence-corrected chi connectivity index (χ0v) is 10.1. The van der Waals surface area contributed by atoms with E-state index in [0.717, 1.165) is 6.07 Å². The Morgan fingerprint density at radius 1 is 1.17 bits per heavy atom. The number of benzene rings is 1. The summed E-state index contributed by atoms with van der Waals surface area (Å²) in [5, 5.41) is 4.33. The van der Waals surface area contributed by atoms with E-state index in [0.29, 0.717) is 5.56 Å². The lowest BCUT2D eigenvalue weighted by molar-refractivity contribution is -0.117. The second kappa shape index (κ2) is 6.90. The highest BCUT2D eigenvalue weighted by atomic mass is 35.5. The largest absolute Gasteiger partial charge is 0.337 e. The molecule has 0 aromatic heterocycles. The van der Waals surface area contributed by atoms with Gasteiger partial charge in [0, 0.05) is 12.6 Å². The molecule has 1 aromatic rings. The van der Waals surface area contributed by atoms with Crippen molar-refractivity contribution in [3.8, 4) is 0 Å². The van der Waals surface area contributed by atoms with Gasteiger partial charge in [0.25, 0.3) is 0 Å². The summed E-state index contributed by atoms with van der Waals surface area (Å²) >= 11 is 5.19. The van der Waals surface area contributed by atoms with Crippen LogP contribution in [0.25, 0.3) is 0 Å². The molecule has 0 heterocycles. The predicted molar refractivity (Wildman–Crippen MR) is 62.3 cm³/mol. The lowest BCUT2D eigenvalue weighted by Crippen LogP contribution is -2.40. The van der Waals surface area contributed by atoms with Crippen molar-refractivity contribution in [2.24, 2.45) is 0 Å². The summed E-state index contributed by atoms with van der Waals surface area (Å²) in [5.74, 6) is -2.28. The fourth-order valence-electron chi connectivity index (χ4n) is 1.28. The molecule has 0 saturated heterocycles. The summed E-state index contributed by atoms with van der Waals surface area (Å²) in [6.07, 6.45) is 0.247. The maximum Gasteiger partial charge on any atom is 0.321 e. The second-order valence-corrected chi connectivity index (χ2v) is 3.73. The van der Waals surface area contributed by atoms with Crippen molar-refractivity contribution in [1.29, 1.82) is 0 Å². The number of urea groups is 1. The molecule has 3 amide bonds. The highest BCUT2D eigenvalue weighted by Gasteiger charge is 2.05. The molecule has 0 fully saturated rings. The molecular formula is C11H11ClF2N2O2. The molecule has 0 saturated carbocycles. The van der Waals surface area contributed by atoms with Crippen molar-refractivity contribution in [3.05, 3.63) is 35.4 Å². The van der Waals surface area contributed by atoms with Crippen molar-refractivity contribution in [2.45, 2.75) is 6.42 Å². The summed E-state index contributed by atoms with van der Waals surface area (Å²) in [5.41, 5.74) is 0.413. The van der Waals surface area contributed by atoms with E-state index in [-0.39, 0.29) is 18.8 Å². The Balaban J connectivity index is 2.37. The van der Waals surface area contributed by atoms with E-state index in [9.17, 15) is 18.4 Å². The molecule has 0 aliphatic rings. The van der Waals surface area contributed by atoms with Crippen LogP contribution in [0.5, 0.6) is 0 Å². The van der Waals surface area contributed by atoms with Gasteiger partial charge in [-0.05, 0) is 24.1 Å². The number of rotatable bonds is 4. The fraction of sp³-hybridized carbons (Fsp3) is 0.273. The molecule has 2 N–H and O–H groups in total. The zero-order valence-electron chi connectivity index (χ0n) is 9.30. The first-order valence-electron chi connectivity index (χ1n) is 5.10. The third-order valence-corrected chi connectivity index (χ3v) is 2.24. The lowest BCUT2D eigenvalue weighted by Gasteiger charge is -2.06. The van der Waals surface area contributed by atoms with Gasteiger partial charge in [0.2, 0.25) is 5.91 Å². The molecule has 0 atom stereocenters. The predicted octanol–water partition coefficient (Wildman–Crippen LogP) is 1.57. The van der Waals surface area contributed by atoms with Gasteiger partial charge in [0.15, 0.2) is 0 Å². The van der Waals surface area contributed by atoms with E-state index in [1.54, 1.807) is 0 Å². The van der Waals surface area contributed by atoms with Gasteiger partial charge >= 0.3 is 6.03 Å². The number of amides is 3. The Hall–Kier alpha value is -1.69. The summed E-state index contributed by atoms with van der Waals surface area (Å²) < 4.78 is 25.7. The van der Waals surface area contributed by atoms with Gasteiger partial charge < -0.3 is 5.32 Å². The Morgan fingerprint density at radius 3 is 2.33 bits per heavy atom. The summed E-state index contributed by atoms with van der Waals surface area (Å²) in [6, 6.07) is 2.42. The average Bonchev–Trinajstić information content (AvgIpc) is 2.27. The van der Waals surface area contributed by atoms with Crippen LogP contribution >= 0.6 is 11.6 Å². The van der Waals surface area contributed by atoms with Crippen LogP contribution in [0, 0.1) is 11.6 Å². The number of nitrogens with one attached hydrogen (secondary N) is 2. The van der Waals surface area contributed by atoms with Crippen molar-refractivity contribution in [3.63, 3.8) is 0 Å². The number of carbonyl (C=O) groups excluding carboxylic acids is 2. The maximum atomic E-state index is 12.8. The van der Waals surface area contributed by atoms with Gasteiger partial charge in [0.1, 0.15) is 17.5 Å². The van der Waals surface area contributed by atoms with Gasteiger partial charge in [-0.25, -0.2) is 13.6 Å². The van der Waals surface area contributed by atoms with Crippen molar-refractivity contribution < 1.29 is 18.4 Å². The van der Waals surface area contributed by atoms with Gasteiger partial charge in [-0.15, -0.1) is 11.6 Å². The van der Waals surface area contributed by atoms with Crippen LogP contribution in [0.4, 0.5) is 13.6 Å². The van der Waals surface area contributed by atoms with Crippen molar-refractivity contribution in [2.75, 3.05) is 12.4 Å². The zero-order chi connectivity index (χ0) is 13.5. The molecule has 7 heteroatoms. The first-order valence-corrected chi connectivity index (χ1v) is 5.63. The van der Waals surface area contributed by atoms with E-state index < -0.39 is 23.6 Å². The van der Waals surface area contributed by atoms with Gasteiger partial charge in [-0.1, -0.05) is 0 Å². The number of halogens is 3. The number of carbonyl (C=O) groups is 2. The van der Waals surface area contributed by atoms with Crippen LogP contribution < -0.4 is 10.6 Å². The lowest BCUT2D eigenvalue weighted by atomic mass is 10.1. The summed E-state index contributed by atoms with van der Waals surface area (Å²) in [7, 11) is 0. The highest BCUT2D eigenvalue weighted by molar-refractivity contribution is 6.28. The summed E-state index contributed by atoms with van der Waals surface area (Å²) in [4.78, 5) is 21.8. The minimum Gasteiger partial charge on any atom is -0.337 e. The third-order valence-electron chi connectivity index (χ3n) is 2.00. The first-order chi connectivity index (χ1) is 8.51. The van der Waals surface area contributed by atoms with E-state index in [2.05, 4.69) is 5.32 Å². The average molecular weight is 277 g/mol. The molecule has 1 rings (SSSR count). The molecular weight excluding hydrogens is 266 g/mol. The quantitative estimate of drug-likeness (QED) is 0.820. The fourth-order valence-corrected chi connectivity index (χ4v) is 1.35. The Bertz CT molecular complexity index is 434. The van der Waals surface area contributed by atoms with Crippen LogP contribution in [0.1, 0.15) is 5.56 Å². The second-order valence-electron chi connectivity index (χ2n) is 3.47. The number of imide groups is 1. The molecule has 18 heavy (non-hydrogen) atoms. The Kier molecular flexibility index (Phi) is 5.51. The van der Waals surface area contributed by atoms with Crippen LogP contribution in [-0.2, 0) is 11.2 Å². The van der Waals surface area contributed by atoms with Crippen LogP contribution in [0.15, 0.2) is 18.2 Å². The van der Waals surface area contributed by atoms with Crippen LogP contribution in [-0.4, -0.2) is 24.4 Å². The first kappa shape index (κ1) is 14.4. The van der Waals surface area contributed by atoms with Crippen molar-refractivity contribution in [1.82, 2.24) is 10.6 Å². The normalized spacial score (nSPS) is 9.94. The van der Waals surface area contributed by atoms with Crippen LogP contribution in [0.2, 0.25) is 0 Å². The van der Waals surface area contributed by atoms with Crippen molar-refractivity contribution >= 4 is 23.5 Å². The Labute approximate surface area is 107 Å².